The molecule has 0 aliphatic carbocycles. The molecule has 26 heavy (non-hydrogen) atoms. The number of carbonyl (C=O) groups excluding carboxylic acids is 1. The van der Waals surface area contributed by atoms with Crippen LogP contribution in [0.5, 0.6) is 5.75 Å². The summed E-state index contributed by atoms with van der Waals surface area (Å²) in [5, 5.41) is 17.3. The van der Waals surface area contributed by atoms with Crippen molar-refractivity contribution in [2.75, 3.05) is 0 Å². The molecule has 0 unspecified atom stereocenters. The van der Waals surface area contributed by atoms with Crippen molar-refractivity contribution in [2.45, 2.75) is 84.0 Å². The SMILES string of the molecule is CCCCCCCCCCCCC[C-]=O.O=C(O)c1ccccc1O.[Na+]. The normalized spacial score (nSPS) is 9.58. The molecule has 1 aromatic carbocycles. The third-order valence-corrected chi connectivity index (χ3v) is 4.02. The van der Waals surface area contributed by atoms with Gasteiger partial charge >= 0.3 is 35.5 Å². The first-order chi connectivity index (χ1) is 12.1. The van der Waals surface area contributed by atoms with E-state index in [1.165, 1.54) is 76.3 Å². The minimum absolute atomic E-state index is 0. The van der Waals surface area contributed by atoms with E-state index in [1.807, 2.05) is 6.29 Å². The third-order valence-electron chi connectivity index (χ3n) is 4.02. The van der Waals surface area contributed by atoms with Crippen molar-refractivity contribution in [3.63, 3.8) is 0 Å². The molecule has 2 N–H and O–H groups in total. The van der Waals surface area contributed by atoms with Crippen molar-refractivity contribution in [2.24, 2.45) is 0 Å². The van der Waals surface area contributed by atoms with Crippen LogP contribution < -0.4 is 29.6 Å². The van der Waals surface area contributed by atoms with E-state index in [9.17, 15) is 9.59 Å². The Balaban J connectivity index is 0. The van der Waals surface area contributed by atoms with Crippen LogP contribution in [0.4, 0.5) is 0 Å². The Morgan fingerprint density at radius 1 is 0.885 bits per heavy atom. The molecular formula is C21H33NaO4. The number of benzene rings is 1. The molecule has 0 fully saturated rings. The minimum Gasteiger partial charge on any atom is -0.542 e. The summed E-state index contributed by atoms with van der Waals surface area (Å²) >= 11 is 0. The van der Waals surface area contributed by atoms with Crippen LogP contribution in [0.25, 0.3) is 0 Å². The average molecular weight is 372 g/mol. The molecule has 0 saturated heterocycles. The molecular weight excluding hydrogens is 339 g/mol. The number of carboxylic acid groups (broad SMARTS) is 1. The average Bonchev–Trinajstić information content (AvgIpc) is 2.60. The maximum absolute atomic E-state index is 10.3. The molecule has 0 aliphatic rings. The number of para-hydroxylation sites is 1. The summed E-state index contributed by atoms with van der Waals surface area (Å²) < 4.78 is 0. The second-order valence-corrected chi connectivity index (χ2v) is 6.25. The van der Waals surface area contributed by atoms with Gasteiger partial charge in [0.05, 0.1) is 0 Å². The maximum atomic E-state index is 10.3. The van der Waals surface area contributed by atoms with Crippen LogP contribution in [0.15, 0.2) is 24.3 Å². The Morgan fingerprint density at radius 3 is 1.73 bits per heavy atom. The minimum atomic E-state index is -1.11. The Hall–Kier alpha value is -0.840. The molecule has 4 nitrogen and oxygen atoms in total. The predicted molar refractivity (Wildman–Crippen MR) is 102 cm³/mol. The fourth-order valence-electron chi connectivity index (χ4n) is 2.52. The van der Waals surface area contributed by atoms with E-state index in [1.54, 1.807) is 12.1 Å². The van der Waals surface area contributed by atoms with Crippen molar-refractivity contribution in [3.8, 4) is 5.75 Å². The van der Waals surface area contributed by atoms with Crippen LogP contribution in [0.3, 0.4) is 0 Å². The van der Waals surface area contributed by atoms with E-state index in [0.29, 0.717) is 6.42 Å². The van der Waals surface area contributed by atoms with E-state index in [0.717, 1.165) is 6.42 Å². The van der Waals surface area contributed by atoms with E-state index < -0.39 is 5.97 Å². The monoisotopic (exact) mass is 372 g/mol. The van der Waals surface area contributed by atoms with Crippen molar-refractivity contribution in [1.82, 2.24) is 0 Å². The van der Waals surface area contributed by atoms with Gasteiger partial charge in [-0.15, -0.1) is 0 Å². The summed E-state index contributed by atoms with van der Waals surface area (Å²) in [7, 11) is 0. The molecule has 0 heterocycles. The summed E-state index contributed by atoms with van der Waals surface area (Å²) in [5.41, 5.74) is -0.0671. The van der Waals surface area contributed by atoms with E-state index in [4.69, 9.17) is 10.2 Å². The van der Waals surface area contributed by atoms with Crippen LogP contribution in [0.1, 0.15) is 94.3 Å². The predicted octanol–water partition coefficient (Wildman–Crippen LogP) is 2.89. The van der Waals surface area contributed by atoms with Gasteiger partial charge in [-0.05, 0) is 12.1 Å². The van der Waals surface area contributed by atoms with Gasteiger partial charge in [-0.1, -0.05) is 89.7 Å². The molecule has 0 radical (unpaired) electrons. The molecule has 0 aromatic heterocycles. The summed E-state index contributed by atoms with van der Waals surface area (Å²) in [6, 6.07) is 5.81. The first-order valence-corrected chi connectivity index (χ1v) is 9.49. The molecule has 0 atom stereocenters. The molecule has 1 aromatic rings. The number of carbonyl (C=O) groups is 1. The Morgan fingerprint density at radius 2 is 1.35 bits per heavy atom. The topological polar surface area (TPSA) is 74.6 Å². The standard InChI is InChI=1S/C14H27O.C7H6O3.Na/c1-2-3-4-5-6-7-8-9-10-11-12-13-14-15;8-6-4-2-1-3-5(6)7(9)10;/h2-13H2,1H3;1-4,8H,(H,9,10);/q-1;;+1. The van der Waals surface area contributed by atoms with E-state index in [-0.39, 0.29) is 40.9 Å². The Labute approximate surface area is 180 Å². The zero-order valence-electron chi connectivity index (χ0n) is 16.5. The zero-order valence-corrected chi connectivity index (χ0v) is 18.5. The van der Waals surface area contributed by atoms with Gasteiger partial charge in [0.2, 0.25) is 0 Å². The third kappa shape index (κ3) is 16.6. The Bertz CT molecular complexity index is 463. The van der Waals surface area contributed by atoms with Gasteiger partial charge in [-0.25, -0.2) is 4.79 Å². The second kappa shape index (κ2) is 20.5. The van der Waals surface area contributed by atoms with Gasteiger partial charge in [-0.2, -0.15) is 6.42 Å². The summed E-state index contributed by atoms with van der Waals surface area (Å²) in [5.74, 6) is -1.31. The Kier molecular flexibility index (Phi) is 21.6. The van der Waals surface area contributed by atoms with Crippen molar-refractivity contribution < 1.29 is 49.4 Å². The smallest absolute Gasteiger partial charge is 0.542 e. The summed E-state index contributed by atoms with van der Waals surface area (Å²) in [6.07, 6.45) is 17.3. The molecule has 0 amide bonds. The van der Waals surface area contributed by atoms with Gasteiger partial charge in [-0.3, -0.25) is 6.29 Å². The zero-order chi connectivity index (χ0) is 18.8. The van der Waals surface area contributed by atoms with Crippen molar-refractivity contribution in [3.05, 3.63) is 29.8 Å². The second-order valence-electron chi connectivity index (χ2n) is 6.25. The molecule has 5 heteroatoms. The van der Waals surface area contributed by atoms with Gasteiger partial charge < -0.3 is 15.0 Å². The van der Waals surface area contributed by atoms with Crippen LogP contribution >= 0.6 is 0 Å². The number of hydrogen-bond acceptors (Lipinski definition) is 3. The largest absolute Gasteiger partial charge is 1.00 e. The molecule has 0 spiro atoms. The number of hydrogen-bond donors (Lipinski definition) is 2. The summed E-state index contributed by atoms with van der Waals surface area (Å²) in [6.45, 7) is 2.26. The van der Waals surface area contributed by atoms with Crippen molar-refractivity contribution >= 4 is 12.3 Å². The summed E-state index contributed by atoms with van der Waals surface area (Å²) in [4.78, 5) is 20.2. The molecule has 0 bridgehead atoms. The van der Waals surface area contributed by atoms with Crippen molar-refractivity contribution in [1.29, 1.82) is 0 Å². The van der Waals surface area contributed by atoms with E-state index >= 15 is 0 Å². The number of unbranched alkanes of at least 4 members (excludes halogenated alkanes) is 11. The van der Waals surface area contributed by atoms with Gasteiger partial charge in [0.1, 0.15) is 11.3 Å². The number of rotatable bonds is 13. The molecule has 1 rings (SSSR count). The fourth-order valence-corrected chi connectivity index (χ4v) is 2.52. The first-order valence-electron chi connectivity index (χ1n) is 9.49. The van der Waals surface area contributed by atoms with Crippen LogP contribution in [-0.2, 0) is 4.79 Å². The quantitative estimate of drug-likeness (QED) is 0.317. The van der Waals surface area contributed by atoms with Gasteiger partial charge in [0.15, 0.2) is 0 Å². The molecule has 0 aliphatic heterocycles. The van der Waals surface area contributed by atoms with Crippen LogP contribution in [0.2, 0.25) is 0 Å². The fraction of sp³-hybridized carbons (Fsp3) is 0.619. The van der Waals surface area contributed by atoms with Crippen LogP contribution in [-0.4, -0.2) is 22.5 Å². The molecule has 0 saturated carbocycles. The number of aromatic carboxylic acids is 1. The number of aromatic hydroxyl groups is 1. The van der Waals surface area contributed by atoms with Crippen LogP contribution in [0, 0.1) is 0 Å². The van der Waals surface area contributed by atoms with Gasteiger partial charge in [0, 0.05) is 0 Å². The number of phenols is 1. The van der Waals surface area contributed by atoms with E-state index in [2.05, 4.69) is 6.92 Å². The number of carboxylic acids is 1. The first kappa shape index (κ1) is 27.4. The molecule has 142 valence electrons. The maximum Gasteiger partial charge on any atom is 1.00 e. The van der Waals surface area contributed by atoms with Gasteiger partial charge in [0.25, 0.3) is 0 Å².